The van der Waals surface area contributed by atoms with Crippen LogP contribution in [0.1, 0.15) is 62.1 Å². The predicted octanol–water partition coefficient (Wildman–Crippen LogP) is 3.69. The molecule has 2 saturated carbocycles. The van der Waals surface area contributed by atoms with Crippen LogP contribution in [0.15, 0.2) is 5.38 Å². The molecule has 2 fully saturated rings. The first-order valence-corrected chi connectivity index (χ1v) is 7.87. The highest BCUT2D eigenvalue weighted by Crippen LogP contribution is 2.37. The Morgan fingerprint density at radius 1 is 1.35 bits per heavy atom. The summed E-state index contributed by atoms with van der Waals surface area (Å²) in [7, 11) is 0. The van der Waals surface area contributed by atoms with E-state index in [1.54, 1.807) is 0 Å². The van der Waals surface area contributed by atoms with Crippen LogP contribution in [0.5, 0.6) is 0 Å². The van der Waals surface area contributed by atoms with E-state index in [1.807, 2.05) is 11.3 Å². The highest BCUT2D eigenvalue weighted by Gasteiger charge is 2.24. The lowest BCUT2D eigenvalue weighted by Gasteiger charge is -2.24. The van der Waals surface area contributed by atoms with Crippen molar-refractivity contribution in [2.24, 2.45) is 5.92 Å². The minimum atomic E-state index is 0.749. The second-order valence-electron chi connectivity index (χ2n) is 5.80. The van der Waals surface area contributed by atoms with Crippen LogP contribution in [0.3, 0.4) is 0 Å². The maximum atomic E-state index is 4.82. The Balaban J connectivity index is 1.58. The van der Waals surface area contributed by atoms with E-state index in [0.29, 0.717) is 0 Å². The second-order valence-corrected chi connectivity index (χ2v) is 6.69. The van der Waals surface area contributed by atoms with Crippen molar-refractivity contribution in [3.05, 3.63) is 16.1 Å². The minimum absolute atomic E-state index is 0.749. The summed E-state index contributed by atoms with van der Waals surface area (Å²) in [4.78, 5) is 4.82. The van der Waals surface area contributed by atoms with E-state index < -0.39 is 0 Å². The average molecular weight is 250 g/mol. The molecule has 2 aliphatic carbocycles. The first kappa shape index (κ1) is 11.7. The Hall–Kier alpha value is -0.410. The molecule has 2 unspecified atom stereocenters. The molecule has 17 heavy (non-hydrogen) atoms. The molecule has 94 valence electrons. The molecule has 0 saturated heterocycles. The fraction of sp³-hybridized carbons (Fsp3) is 0.786. The molecule has 0 aliphatic heterocycles. The minimum Gasteiger partial charge on any atom is -0.308 e. The van der Waals surface area contributed by atoms with Crippen molar-refractivity contribution in [1.82, 2.24) is 10.3 Å². The zero-order chi connectivity index (χ0) is 11.7. The third-order valence-corrected chi connectivity index (χ3v) is 5.06. The van der Waals surface area contributed by atoms with Crippen LogP contribution < -0.4 is 5.32 Å². The van der Waals surface area contributed by atoms with Gasteiger partial charge in [0, 0.05) is 23.9 Å². The molecule has 0 spiro atoms. The summed E-state index contributed by atoms with van der Waals surface area (Å²) in [6.07, 6.45) is 8.23. The molecule has 3 heteroatoms. The predicted molar refractivity (Wildman–Crippen MR) is 72.3 cm³/mol. The second kappa shape index (κ2) is 5.07. The lowest BCUT2D eigenvalue weighted by Crippen LogP contribution is -2.16. The maximum absolute atomic E-state index is 4.82. The molecule has 2 atom stereocenters. The monoisotopic (exact) mass is 250 g/mol. The number of hydrogen-bond acceptors (Lipinski definition) is 3. The van der Waals surface area contributed by atoms with Gasteiger partial charge in [-0.25, -0.2) is 4.98 Å². The molecule has 0 bridgehead atoms. The van der Waals surface area contributed by atoms with Crippen molar-refractivity contribution in [2.45, 2.75) is 64.0 Å². The number of rotatable bonds is 4. The Morgan fingerprint density at radius 2 is 2.24 bits per heavy atom. The smallest absolute Gasteiger partial charge is 0.0959 e. The van der Waals surface area contributed by atoms with Crippen LogP contribution in [-0.4, -0.2) is 11.0 Å². The maximum Gasteiger partial charge on any atom is 0.0959 e. The largest absolute Gasteiger partial charge is 0.308 e. The molecule has 1 aromatic heterocycles. The molecule has 2 aliphatic rings. The lowest BCUT2D eigenvalue weighted by atomic mass is 9.83. The van der Waals surface area contributed by atoms with Gasteiger partial charge in [0.15, 0.2) is 0 Å². The van der Waals surface area contributed by atoms with E-state index >= 15 is 0 Å². The molecular weight excluding hydrogens is 228 g/mol. The molecule has 1 heterocycles. The fourth-order valence-electron chi connectivity index (χ4n) is 2.79. The first-order valence-electron chi connectivity index (χ1n) is 6.99. The van der Waals surface area contributed by atoms with Crippen molar-refractivity contribution >= 4 is 11.3 Å². The lowest BCUT2D eigenvalue weighted by molar-refractivity contribution is 0.343. The van der Waals surface area contributed by atoms with Crippen LogP contribution in [0.25, 0.3) is 0 Å². The van der Waals surface area contributed by atoms with E-state index in [2.05, 4.69) is 17.6 Å². The van der Waals surface area contributed by atoms with Crippen LogP contribution in [0.4, 0.5) is 0 Å². The summed E-state index contributed by atoms with van der Waals surface area (Å²) in [6, 6.07) is 0.787. The number of hydrogen-bond donors (Lipinski definition) is 1. The Kier molecular flexibility index (Phi) is 3.48. The van der Waals surface area contributed by atoms with Gasteiger partial charge in [0.2, 0.25) is 0 Å². The van der Waals surface area contributed by atoms with Crippen molar-refractivity contribution in [3.8, 4) is 0 Å². The van der Waals surface area contributed by atoms with E-state index in [9.17, 15) is 0 Å². The van der Waals surface area contributed by atoms with Gasteiger partial charge in [0.25, 0.3) is 0 Å². The normalized spacial score (nSPS) is 29.5. The van der Waals surface area contributed by atoms with Gasteiger partial charge in [-0.3, -0.25) is 0 Å². The summed E-state index contributed by atoms with van der Waals surface area (Å²) >= 11 is 1.88. The van der Waals surface area contributed by atoms with Crippen molar-refractivity contribution < 1.29 is 0 Å². The number of thiazole rings is 1. The Labute approximate surface area is 108 Å². The third-order valence-electron chi connectivity index (χ3n) is 4.00. The van der Waals surface area contributed by atoms with Crippen molar-refractivity contribution in [3.63, 3.8) is 0 Å². The van der Waals surface area contributed by atoms with Crippen LogP contribution in [0, 0.1) is 5.92 Å². The van der Waals surface area contributed by atoms with Crippen molar-refractivity contribution in [1.29, 1.82) is 0 Å². The van der Waals surface area contributed by atoms with E-state index in [-0.39, 0.29) is 0 Å². The topological polar surface area (TPSA) is 24.9 Å². The summed E-state index contributed by atoms with van der Waals surface area (Å²) in [6.45, 7) is 3.36. The molecule has 0 amide bonds. The van der Waals surface area contributed by atoms with Gasteiger partial charge >= 0.3 is 0 Å². The first-order chi connectivity index (χ1) is 8.31. The summed E-state index contributed by atoms with van der Waals surface area (Å²) < 4.78 is 0. The third kappa shape index (κ3) is 3.08. The number of aromatic nitrogens is 1. The zero-order valence-corrected chi connectivity index (χ0v) is 11.4. The standard InChI is InChI=1S/C14H22N2S/c1-10-3-2-4-11(7-10)14-16-13(9-17-14)8-15-12-5-6-12/h9-12,15H,2-8H2,1H3. The molecule has 1 aromatic rings. The quantitative estimate of drug-likeness (QED) is 0.881. The van der Waals surface area contributed by atoms with Gasteiger partial charge in [-0.2, -0.15) is 0 Å². The van der Waals surface area contributed by atoms with E-state index in [1.165, 1.54) is 49.2 Å². The highest BCUT2D eigenvalue weighted by molar-refractivity contribution is 7.09. The summed E-state index contributed by atoms with van der Waals surface area (Å²) in [5.74, 6) is 1.64. The van der Waals surface area contributed by atoms with Gasteiger partial charge in [0.05, 0.1) is 10.7 Å². The van der Waals surface area contributed by atoms with Gasteiger partial charge in [0.1, 0.15) is 0 Å². The van der Waals surface area contributed by atoms with Gasteiger partial charge in [-0.15, -0.1) is 11.3 Å². The van der Waals surface area contributed by atoms with Crippen LogP contribution in [0.2, 0.25) is 0 Å². The SMILES string of the molecule is CC1CCCC(c2nc(CNC3CC3)cs2)C1. The molecule has 2 nitrogen and oxygen atoms in total. The Morgan fingerprint density at radius 3 is 3.00 bits per heavy atom. The Bertz CT molecular complexity index is 370. The molecule has 0 radical (unpaired) electrons. The fourth-order valence-corrected chi connectivity index (χ4v) is 3.76. The molecule has 3 rings (SSSR count). The van der Waals surface area contributed by atoms with Crippen LogP contribution >= 0.6 is 11.3 Å². The summed E-state index contributed by atoms with van der Waals surface area (Å²) in [5.41, 5.74) is 1.26. The zero-order valence-electron chi connectivity index (χ0n) is 10.6. The van der Waals surface area contributed by atoms with Crippen LogP contribution in [-0.2, 0) is 6.54 Å². The summed E-state index contributed by atoms with van der Waals surface area (Å²) in [5, 5.41) is 7.19. The van der Waals surface area contributed by atoms with E-state index in [4.69, 9.17) is 4.98 Å². The molecule has 0 aromatic carbocycles. The highest BCUT2D eigenvalue weighted by atomic mass is 32.1. The van der Waals surface area contributed by atoms with Crippen molar-refractivity contribution in [2.75, 3.05) is 0 Å². The van der Waals surface area contributed by atoms with Gasteiger partial charge in [-0.1, -0.05) is 19.8 Å². The number of nitrogens with zero attached hydrogens (tertiary/aromatic N) is 1. The molecular formula is C14H22N2S. The van der Waals surface area contributed by atoms with Gasteiger partial charge < -0.3 is 5.32 Å². The van der Waals surface area contributed by atoms with E-state index in [0.717, 1.165) is 24.4 Å². The number of nitrogens with one attached hydrogen (secondary N) is 1. The molecule has 1 N–H and O–H groups in total. The average Bonchev–Trinajstić information content (AvgIpc) is 3.04. The van der Waals surface area contributed by atoms with Gasteiger partial charge in [-0.05, 0) is 31.6 Å².